The fourth-order valence-electron chi connectivity index (χ4n) is 1.17. The van der Waals surface area contributed by atoms with Crippen molar-refractivity contribution in [2.75, 3.05) is 13.0 Å². The molecule has 0 radical (unpaired) electrons. The van der Waals surface area contributed by atoms with Gasteiger partial charge >= 0.3 is 7.60 Å². The number of hydrogen-bond acceptors (Lipinski definition) is 4. The summed E-state index contributed by atoms with van der Waals surface area (Å²) in [5, 5.41) is 8.93. The number of aliphatic hydroxyl groups excluding tert-OH is 1. The molecule has 0 aromatic heterocycles. The molecule has 0 bridgehead atoms. The van der Waals surface area contributed by atoms with Crippen molar-refractivity contribution >= 4 is 7.60 Å². The SMILES string of the molecule is CCOP(=O)(CO)OCc1ccc(C)cc1. The largest absolute Gasteiger partial charge is 0.384 e. The maximum Gasteiger partial charge on any atom is 0.356 e. The van der Waals surface area contributed by atoms with Crippen LogP contribution in [-0.4, -0.2) is 18.1 Å². The highest BCUT2D eigenvalue weighted by Crippen LogP contribution is 2.47. The van der Waals surface area contributed by atoms with Crippen LogP contribution in [-0.2, 0) is 20.2 Å². The second-order valence-corrected chi connectivity index (χ2v) is 5.45. The highest BCUT2D eigenvalue weighted by Gasteiger charge is 2.22. The molecule has 0 fully saturated rings. The van der Waals surface area contributed by atoms with E-state index in [4.69, 9.17) is 14.2 Å². The van der Waals surface area contributed by atoms with Crippen LogP contribution in [0.3, 0.4) is 0 Å². The summed E-state index contributed by atoms with van der Waals surface area (Å²) in [6.07, 6.45) is -0.591. The van der Waals surface area contributed by atoms with E-state index in [2.05, 4.69) is 0 Å². The van der Waals surface area contributed by atoms with E-state index in [1.165, 1.54) is 0 Å². The maximum atomic E-state index is 11.7. The van der Waals surface area contributed by atoms with Gasteiger partial charge in [-0.15, -0.1) is 0 Å². The molecular formula is C11H17O4P. The van der Waals surface area contributed by atoms with Crippen molar-refractivity contribution in [1.82, 2.24) is 0 Å². The van der Waals surface area contributed by atoms with Crippen molar-refractivity contribution < 1.29 is 18.7 Å². The van der Waals surface area contributed by atoms with Crippen LogP contribution < -0.4 is 0 Å². The highest BCUT2D eigenvalue weighted by atomic mass is 31.2. The van der Waals surface area contributed by atoms with E-state index in [0.29, 0.717) is 0 Å². The summed E-state index contributed by atoms with van der Waals surface area (Å²) in [5.74, 6) is 0. The lowest BCUT2D eigenvalue weighted by Gasteiger charge is -2.15. The number of aliphatic hydroxyl groups is 1. The number of benzene rings is 1. The first-order valence-corrected chi connectivity index (χ1v) is 6.87. The quantitative estimate of drug-likeness (QED) is 0.781. The summed E-state index contributed by atoms with van der Waals surface area (Å²) in [5.41, 5.74) is 2.05. The van der Waals surface area contributed by atoms with Gasteiger partial charge in [0.05, 0.1) is 13.2 Å². The second kappa shape index (κ2) is 6.16. The molecule has 0 spiro atoms. The van der Waals surface area contributed by atoms with Crippen LogP contribution in [0.1, 0.15) is 18.1 Å². The van der Waals surface area contributed by atoms with E-state index < -0.39 is 13.9 Å². The molecule has 5 heteroatoms. The third-order valence-electron chi connectivity index (χ3n) is 2.05. The lowest BCUT2D eigenvalue weighted by molar-refractivity contribution is 0.179. The van der Waals surface area contributed by atoms with Crippen molar-refractivity contribution in [3.8, 4) is 0 Å². The van der Waals surface area contributed by atoms with Gasteiger partial charge in [0, 0.05) is 0 Å². The van der Waals surface area contributed by atoms with E-state index in [0.717, 1.165) is 11.1 Å². The van der Waals surface area contributed by atoms with Gasteiger partial charge in [0.15, 0.2) is 0 Å². The first-order chi connectivity index (χ1) is 7.59. The Morgan fingerprint density at radius 1 is 1.25 bits per heavy atom. The Morgan fingerprint density at radius 3 is 2.38 bits per heavy atom. The van der Waals surface area contributed by atoms with Crippen molar-refractivity contribution in [1.29, 1.82) is 0 Å². The molecule has 0 amide bonds. The summed E-state index contributed by atoms with van der Waals surface area (Å²) in [4.78, 5) is 0. The molecule has 4 nitrogen and oxygen atoms in total. The molecule has 0 aliphatic carbocycles. The minimum atomic E-state index is -3.32. The lowest BCUT2D eigenvalue weighted by atomic mass is 10.2. The fraction of sp³-hybridized carbons (Fsp3) is 0.455. The predicted octanol–water partition coefficient (Wildman–Crippen LogP) is 2.69. The fourth-order valence-corrected chi connectivity index (χ4v) is 2.15. The second-order valence-electron chi connectivity index (χ2n) is 3.43. The van der Waals surface area contributed by atoms with E-state index in [9.17, 15) is 4.57 Å². The summed E-state index contributed by atoms with van der Waals surface area (Å²) in [6, 6.07) is 7.68. The molecule has 0 heterocycles. The molecule has 0 aliphatic rings. The van der Waals surface area contributed by atoms with Gasteiger partial charge in [-0.3, -0.25) is 4.57 Å². The minimum absolute atomic E-state index is 0.179. The number of hydrogen-bond donors (Lipinski definition) is 1. The van der Waals surface area contributed by atoms with Gasteiger partial charge in [-0.2, -0.15) is 0 Å². The summed E-state index contributed by atoms with van der Waals surface area (Å²) in [6.45, 7) is 4.13. The first-order valence-electron chi connectivity index (χ1n) is 5.14. The van der Waals surface area contributed by atoms with E-state index >= 15 is 0 Å². The maximum absolute atomic E-state index is 11.7. The molecular weight excluding hydrogens is 227 g/mol. The van der Waals surface area contributed by atoms with Gasteiger partial charge in [-0.05, 0) is 19.4 Å². The normalized spacial score (nSPS) is 14.7. The smallest absolute Gasteiger partial charge is 0.356 e. The zero-order chi connectivity index (χ0) is 12.0. The third-order valence-corrected chi connectivity index (χ3v) is 3.57. The van der Waals surface area contributed by atoms with Crippen LogP contribution in [0, 0.1) is 6.92 Å². The molecule has 0 aliphatic heterocycles. The van der Waals surface area contributed by atoms with E-state index in [1.54, 1.807) is 6.92 Å². The number of rotatable bonds is 6. The standard InChI is InChI=1S/C11H17O4P/c1-3-14-16(13,9-12)15-8-11-6-4-10(2)5-7-11/h4-7,12H,3,8-9H2,1-2H3. The molecule has 1 N–H and O–H groups in total. The molecule has 1 aromatic rings. The summed E-state index contributed by atoms with van der Waals surface area (Å²) in [7, 11) is -3.32. The summed E-state index contributed by atoms with van der Waals surface area (Å²) >= 11 is 0. The minimum Gasteiger partial charge on any atom is -0.384 e. The van der Waals surface area contributed by atoms with E-state index in [1.807, 2.05) is 31.2 Å². The Bertz CT molecular complexity index is 361. The van der Waals surface area contributed by atoms with Gasteiger partial charge in [-0.25, -0.2) is 0 Å². The zero-order valence-electron chi connectivity index (χ0n) is 9.55. The van der Waals surface area contributed by atoms with Crippen LogP contribution in [0.2, 0.25) is 0 Å². The van der Waals surface area contributed by atoms with Gasteiger partial charge in [-0.1, -0.05) is 29.8 Å². The number of aryl methyl sites for hydroxylation is 1. The Balaban J connectivity index is 2.56. The third kappa shape index (κ3) is 4.06. The predicted molar refractivity (Wildman–Crippen MR) is 62.3 cm³/mol. The Hall–Kier alpha value is -0.670. The average molecular weight is 244 g/mol. The molecule has 1 unspecified atom stereocenters. The van der Waals surface area contributed by atoms with Crippen molar-refractivity contribution in [2.24, 2.45) is 0 Å². The van der Waals surface area contributed by atoms with Gasteiger partial charge in [0.1, 0.15) is 6.35 Å². The molecule has 1 aromatic carbocycles. The van der Waals surface area contributed by atoms with Crippen LogP contribution in [0.4, 0.5) is 0 Å². The van der Waals surface area contributed by atoms with Crippen LogP contribution in [0.25, 0.3) is 0 Å². The van der Waals surface area contributed by atoms with Gasteiger partial charge in [0.2, 0.25) is 0 Å². The molecule has 0 saturated heterocycles. The van der Waals surface area contributed by atoms with Crippen LogP contribution in [0.15, 0.2) is 24.3 Å². The molecule has 1 atom stereocenters. The van der Waals surface area contributed by atoms with Gasteiger partial charge < -0.3 is 14.2 Å². The van der Waals surface area contributed by atoms with Crippen LogP contribution in [0.5, 0.6) is 0 Å². The van der Waals surface area contributed by atoms with Crippen molar-refractivity contribution in [2.45, 2.75) is 20.5 Å². The molecule has 90 valence electrons. The topological polar surface area (TPSA) is 55.8 Å². The molecule has 0 saturated carbocycles. The van der Waals surface area contributed by atoms with E-state index in [-0.39, 0.29) is 13.2 Å². The van der Waals surface area contributed by atoms with Crippen LogP contribution >= 0.6 is 7.60 Å². The average Bonchev–Trinajstić information content (AvgIpc) is 2.29. The Kier molecular flexibility index (Phi) is 5.16. The van der Waals surface area contributed by atoms with Gasteiger partial charge in [0.25, 0.3) is 0 Å². The van der Waals surface area contributed by atoms with Crippen molar-refractivity contribution in [3.63, 3.8) is 0 Å². The summed E-state index contributed by atoms with van der Waals surface area (Å²) < 4.78 is 21.8. The molecule has 16 heavy (non-hydrogen) atoms. The zero-order valence-corrected chi connectivity index (χ0v) is 10.4. The van der Waals surface area contributed by atoms with Crippen molar-refractivity contribution in [3.05, 3.63) is 35.4 Å². The molecule has 1 rings (SSSR count). The lowest BCUT2D eigenvalue weighted by Crippen LogP contribution is -2.00. The monoisotopic (exact) mass is 244 g/mol. The first kappa shape index (κ1) is 13.4. The Labute approximate surface area is 95.7 Å². The Morgan fingerprint density at radius 2 is 1.88 bits per heavy atom. The highest BCUT2D eigenvalue weighted by molar-refractivity contribution is 7.53.